The smallest absolute Gasteiger partial charge is 0.306 e. The molecule has 0 rings (SSSR count). The molecule has 0 aliphatic rings. The monoisotopic (exact) mass is 1170 g/mol. The van der Waals surface area contributed by atoms with Gasteiger partial charge in [-0.25, -0.2) is 0 Å². The van der Waals surface area contributed by atoms with Crippen LogP contribution < -0.4 is 0 Å². The molecule has 0 aliphatic carbocycles. The predicted molar refractivity (Wildman–Crippen MR) is 363 cm³/mol. The van der Waals surface area contributed by atoms with Crippen molar-refractivity contribution in [3.63, 3.8) is 0 Å². The van der Waals surface area contributed by atoms with Crippen LogP contribution in [0.2, 0.25) is 0 Å². The molecule has 0 aliphatic heterocycles. The van der Waals surface area contributed by atoms with E-state index in [9.17, 15) is 14.4 Å². The fourth-order valence-corrected chi connectivity index (χ4v) is 12.0. The summed E-state index contributed by atoms with van der Waals surface area (Å²) in [7, 11) is 0. The maximum atomic E-state index is 13.0. The van der Waals surface area contributed by atoms with Crippen LogP contribution in [0.25, 0.3) is 0 Å². The van der Waals surface area contributed by atoms with Crippen LogP contribution in [0.3, 0.4) is 0 Å². The summed E-state index contributed by atoms with van der Waals surface area (Å²) < 4.78 is 17.1. The van der Waals surface area contributed by atoms with Crippen molar-refractivity contribution < 1.29 is 28.6 Å². The average molecular weight is 1170 g/mol. The Balaban J connectivity index is 4.28. The number of rotatable bonds is 72. The zero-order chi connectivity index (χ0) is 59.9. The Labute approximate surface area is 520 Å². The summed E-state index contributed by atoms with van der Waals surface area (Å²) >= 11 is 0. The highest BCUT2D eigenvalue weighted by atomic mass is 16.6. The highest BCUT2D eigenvalue weighted by molar-refractivity contribution is 5.71. The lowest BCUT2D eigenvalue weighted by Crippen LogP contribution is -2.30. The molecule has 83 heavy (non-hydrogen) atoms. The second-order valence-electron chi connectivity index (χ2n) is 26.3. The molecule has 0 saturated heterocycles. The maximum Gasteiger partial charge on any atom is 0.306 e. The molecule has 0 heterocycles. The first-order valence-electron chi connectivity index (χ1n) is 38.2. The van der Waals surface area contributed by atoms with E-state index in [1.165, 1.54) is 347 Å². The number of hydrogen-bond acceptors (Lipinski definition) is 6. The van der Waals surface area contributed by atoms with E-state index >= 15 is 0 Å². The number of carbonyl (C=O) groups is 3. The largest absolute Gasteiger partial charge is 0.462 e. The van der Waals surface area contributed by atoms with Gasteiger partial charge in [-0.2, -0.15) is 0 Å². The quantitative estimate of drug-likeness (QED) is 0.0261. The minimum Gasteiger partial charge on any atom is -0.462 e. The van der Waals surface area contributed by atoms with Gasteiger partial charge in [0.25, 0.3) is 0 Å². The van der Waals surface area contributed by atoms with Crippen molar-refractivity contribution in [3.05, 3.63) is 12.2 Å². The summed E-state index contributed by atoms with van der Waals surface area (Å²) in [5.41, 5.74) is 0. The van der Waals surface area contributed by atoms with Crippen molar-refractivity contribution in [1.29, 1.82) is 0 Å². The maximum absolute atomic E-state index is 13.0. The summed E-state index contributed by atoms with van der Waals surface area (Å²) in [5.74, 6) is -0.823. The Morgan fingerprint density at radius 2 is 0.398 bits per heavy atom. The van der Waals surface area contributed by atoms with E-state index in [-0.39, 0.29) is 31.1 Å². The van der Waals surface area contributed by atoms with Crippen molar-refractivity contribution >= 4 is 17.9 Å². The second-order valence-corrected chi connectivity index (χ2v) is 26.3. The molecule has 6 nitrogen and oxygen atoms in total. The molecule has 0 aromatic carbocycles. The van der Waals surface area contributed by atoms with Crippen molar-refractivity contribution in [2.45, 2.75) is 451 Å². The van der Waals surface area contributed by atoms with Crippen LogP contribution >= 0.6 is 0 Å². The SMILES string of the molecule is CCCCCCCCCC/C=C\CCCCCCCCCCCC(=O)OC(COC(=O)CCCCCCCCCCCCCCCCCCCCCCC)COC(=O)CCCCCCCCCCCCCCCCCCCCCCCCC. The molecule has 0 fully saturated rings. The highest BCUT2D eigenvalue weighted by Crippen LogP contribution is 2.20. The third-order valence-electron chi connectivity index (χ3n) is 17.8. The molecular weight excluding hydrogens is 1020 g/mol. The average Bonchev–Trinajstić information content (AvgIpc) is 3.49. The lowest BCUT2D eigenvalue weighted by atomic mass is 10.0. The number of allylic oxidation sites excluding steroid dienone is 2. The van der Waals surface area contributed by atoms with Crippen molar-refractivity contribution in [2.24, 2.45) is 0 Å². The molecule has 492 valence electrons. The van der Waals surface area contributed by atoms with Gasteiger partial charge in [-0.3, -0.25) is 14.4 Å². The van der Waals surface area contributed by atoms with Gasteiger partial charge in [0.15, 0.2) is 6.10 Å². The van der Waals surface area contributed by atoms with Gasteiger partial charge in [0.05, 0.1) is 0 Å². The van der Waals surface area contributed by atoms with Gasteiger partial charge < -0.3 is 14.2 Å². The molecule has 1 unspecified atom stereocenters. The van der Waals surface area contributed by atoms with Gasteiger partial charge in [-0.15, -0.1) is 0 Å². The molecule has 0 spiro atoms. The van der Waals surface area contributed by atoms with Crippen LogP contribution in [0.1, 0.15) is 445 Å². The summed E-state index contributed by atoms with van der Waals surface area (Å²) in [4.78, 5) is 38.6. The highest BCUT2D eigenvalue weighted by Gasteiger charge is 2.20. The topological polar surface area (TPSA) is 78.9 Å². The minimum absolute atomic E-state index is 0.0633. The molecule has 0 bridgehead atoms. The van der Waals surface area contributed by atoms with E-state index in [4.69, 9.17) is 14.2 Å². The molecule has 6 heteroatoms. The predicted octanol–water partition coefficient (Wildman–Crippen LogP) is 26.3. The van der Waals surface area contributed by atoms with E-state index < -0.39 is 6.10 Å². The van der Waals surface area contributed by atoms with Gasteiger partial charge in [0.1, 0.15) is 13.2 Å². The lowest BCUT2D eigenvalue weighted by Gasteiger charge is -2.18. The van der Waals surface area contributed by atoms with Crippen LogP contribution in [0, 0.1) is 0 Å². The van der Waals surface area contributed by atoms with Crippen LogP contribution in [-0.2, 0) is 28.6 Å². The molecule has 0 aromatic heterocycles. The summed E-state index contributed by atoms with van der Waals surface area (Å²) in [5, 5.41) is 0. The molecule has 0 aromatic rings. The third-order valence-corrected chi connectivity index (χ3v) is 17.8. The fourth-order valence-electron chi connectivity index (χ4n) is 12.0. The lowest BCUT2D eigenvalue weighted by molar-refractivity contribution is -0.167. The van der Waals surface area contributed by atoms with Gasteiger partial charge >= 0.3 is 17.9 Å². The van der Waals surface area contributed by atoms with E-state index in [0.29, 0.717) is 19.3 Å². The van der Waals surface area contributed by atoms with E-state index in [2.05, 4.69) is 32.9 Å². The second kappa shape index (κ2) is 72.6. The number of carbonyl (C=O) groups excluding carboxylic acids is 3. The van der Waals surface area contributed by atoms with Crippen molar-refractivity contribution in [3.8, 4) is 0 Å². The normalized spacial score (nSPS) is 12.0. The number of unbranched alkanes of at least 4 members (excludes halogenated alkanes) is 59. The molecular formula is C77H148O6. The Kier molecular flexibility index (Phi) is 71.0. The van der Waals surface area contributed by atoms with Crippen molar-refractivity contribution in [2.75, 3.05) is 13.2 Å². The van der Waals surface area contributed by atoms with Crippen LogP contribution in [0.4, 0.5) is 0 Å². The van der Waals surface area contributed by atoms with Crippen LogP contribution in [0.5, 0.6) is 0 Å². The molecule has 1 atom stereocenters. The van der Waals surface area contributed by atoms with Gasteiger partial charge in [-0.05, 0) is 44.9 Å². The van der Waals surface area contributed by atoms with Crippen molar-refractivity contribution in [1.82, 2.24) is 0 Å². The van der Waals surface area contributed by atoms with Gasteiger partial charge in [-0.1, -0.05) is 392 Å². The Bertz CT molecular complexity index is 1300. The number of ether oxygens (including phenoxy) is 3. The Morgan fingerprint density at radius 3 is 0.602 bits per heavy atom. The van der Waals surface area contributed by atoms with Crippen LogP contribution in [0.15, 0.2) is 12.2 Å². The number of esters is 3. The first kappa shape index (κ1) is 81.2. The third kappa shape index (κ3) is 70.8. The Hall–Kier alpha value is -1.85. The molecule has 0 radical (unpaired) electrons. The zero-order valence-corrected chi connectivity index (χ0v) is 56.8. The summed E-state index contributed by atoms with van der Waals surface area (Å²) in [6, 6.07) is 0. The fraction of sp³-hybridized carbons (Fsp3) is 0.935. The van der Waals surface area contributed by atoms with E-state index in [1.807, 2.05) is 0 Å². The van der Waals surface area contributed by atoms with E-state index in [0.717, 1.165) is 57.8 Å². The first-order valence-corrected chi connectivity index (χ1v) is 38.2. The summed E-state index contributed by atoms with van der Waals surface area (Å²) in [6.07, 6.45) is 88.3. The van der Waals surface area contributed by atoms with Gasteiger partial charge in [0, 0.05) is 19.3 Å². The standard InChI is InChI=1S/C77H148O6/c1-4-7-10-13-16-19-22-25-28-31-34-37-38-41-43-46-49-52-55-58-61-64-67-70-76(79)82-73-74(83-77(80)71-68-65-62-59-56-53-50-47-44-40-36-33-30-27-24-21-18-15-12-9-6-3)72-81-75(78)69-66-63-60-57-54-51-48-45-42-39-35-32-29-26-23-20-17-14-11-8-5-2/h33,36,74H,4-32,34-35,37-73H2,1-3H3/b36-33-. The molecule has 0 amide bonds. The molecule has 0 saturated carbocycles. The molecule has 0 N–H and O–H groups in total. The first-order chi connectivity index (χ1) is 41.0. The van der Waals surface area contributed by atoms with E-state index in [1.54, 1.807) is 0 Å². The van der Waals surface area contributed by atoms with Crippen LogP contribution in [-0.4, -0.2) is 37.2 Å². The zero-order valence-electron chi connectivity index (χ0n) is 56.8. The minimum atomic E-state index is -0.769. The number of hydrogen-bond donors (Lipinski definition) is 0. The Morgan fingerprint density at radius 1 is 0.229 bits per heavy atom. The summed E-state index contributed by atoms with van der Waals surface area (Å²) in [6.45, 7) is 6.75. The van der Waals surface area contributed by atoms with Gasteiger partial charge in [0.2, 0.25) is 0 Å².